The van der Waals surface area contributed by atoms with E-state index in [0.29, 0.717) is 4.99 Å². The predicted molar refractivity (Wildman–Crippen MR) is 110 cm³/mol. The number of benzene rings is 3. The Balaban J connectivity index is 1.55. The first kappa shape index (κ1) is 15.6. The van der Waals surface area contributed by atoms with Crippen LogP contribution >= 0.6 is 35.2 Å². The number of rotatable bonds is 3. The van der Waals surface area contributed by atoms with Crippen LogP contribution in [0.15, 0.2) is 66.0 Å². The molecule has 4 heteroatoms. The van der Waals surface area contributed by atoms with Gasteiger partial charge in [-0.2, -0.15) is 0 Å². The number of nitrogens with one attached hydrogen (secondary N) is 1. The summed E-state index contributed by atoms with van der Waals surface area (Å²) in [6, 6.07) is 20.5. The van der Waals surface area contributed by atoms with E-state index in [9.17, 15) is 0 Å². The summed E-state index contributed by atoms with van der Waals surface area (Å²) in [5, 5.41) is 9.69. The minimum Gasteiger partial charge on any atom is -0.349 e. The minimum absolute atomic E-state index is 0.685. The van der Waals surface area contributed by atoms with Crippen molar-refractivity contribution in [3.8, 4) is 0 Å². The second kappa shape index (κ2) is 6.52. The molecular formula is C20H13ClNS2. The lowest BCUT2D eigenvalue weighted by molar-refractivity contribution is 1.64. The number of hydrogen-bond acceptors (Lipinski definition) is 2. The van der Waals surface area contributed by atoms with Gasteiger partial charge < -0.3 is 5.32 Å². The van der Waals surface area contributed by atoms with Gasteiger partial charge in [0.15, 0.2) is 0 Å². The fourth-order valence-electron chi connectivity index (χ4n) is 2.72. The molecule has 0 aliphatic carbocycles. The van der Waals surface area contributed by atoms with E-state index in [4.69, 9.17) is 23.8 Å². The lowest BCUT2D eigenvalue weighted by Gasteiger charge is -2.08. The smallest absolute Gasteiger partial charge is 0.0884 e. The fraction of sp³-hybridized carbons (Fsp3) is 0. The molecule has 0 spiro atoms. The lowest BCUT2D eigenvalue weighted by Crippen LogP contribution is -2.09. The van der Waals surface area contributed by atoms with Crippen molar-refractivity contribution in [1.82, 2.24) is 0 Å². The molecule has 1 nitrogen and oxygen atoms in total. The van der Waals surface area contributed by atoms with Gasteiger partial charge >= 0.3 is 0 Å². The maximum atomic E-state index is 6.11. The molecule has 0 saturated carbocycles. The van der Waals surface area contributed by atoms with Crippen molar-refractivity contribution in [3.05, 3.63) is 83.1 Å². The Labute approximate surface area is 154 Å². The number of fused-ring (bicyclic) bond motifs is 2. The maximum absolute atomic E-state index is 6.11. The van der Waals surface area contributed by atoms with Crippen molar-refractivity contribution in [1.29, 1.82) is 0 Å². The van der Waals surface area contributed by atoms with Crippen LogP contribution in [-0.4, -0.2) is 4.99 Å². The van der Waals surface area contributed by atoms with Crippen LogP contribution in [0, 0.1) is 6.42 Å². The molecule has 1 radical (unpaired) electrons. The van der Waals surface area contributed by atoms with Crippen molar-refractivity contribution in [3.63, 3.8) is 0 Å². The number of anilines is 1. The Morgan fingerprint density at radius 1 is 1.00 bits per heavy atom. The van der Waals surface area contributed by atoms with E-state index in [2.05, 4.69) is 35.0 Å². The Morgan fingerprint density at radius 3 is 2.71 bits per heavy atom. The van der Waals surface area contributed by atoms with Gasteiger partial charge in [0.2, 0.25) is 0 Å². The highest BCUT2D eigenvalue weighted by Gasteiger charge is 2.08. The van der Waals surface area contributed by atoms with Crippen LogP contribution < -0.4 is 5.32 Å². The van der Waals surface area contributed by atoms with Gasteiger partial charge in [-0.25, -0.2) is 0 Å². The highest BCUT2D eigenvalue weighted by molar-refractivity contribution is 7.80. The first-order valence-electron chi connectivity index (χ1n) is 7.50. The van der Waals surface area contributed by atoms with E-state index in [1.165, 1.54) is 15.5 Å². The molecule has 117 valence electrons. The zero-order valence-corrected chi connectivity index (χ0v) is 15.0. The zero-order chi connectivity index (χ0) is 16.5. The molecule has 3 aromatic carbocycles. The van der Waals surface area contributed by atoms with Crippen LogP contribution in [0.4, 0.5) is 5.69 Å². The Morgan fingerprint density at radius 2 is 1.83 bits per heavy atom. The molecule has 1 heterocycles. The molecule has 0 bridgehead atoms. The monoisotopic (exact) mass is 366 g/mol. The summed E-state index contributed by atoms with van der Waals surface area (Å²) in [5.41, 5.74) is 2.09. The Hall–Kier alpha value is -1.94. The molecule has 0 saturated heterocycles. The van der Waals surface area contributed by atoms with E-state index >= 15 is 0 Å². The first-order chi connectivity index (χ1) is 11.7. The molecule has 4 aromatic rings. The van der Waals surface area contributed by atoms with Gasteiger partial charge in [-0.1, -0.05) is 54.2 Å². The van der Waals surface area contributed by atoms with Crippen LogP contribution in [0.25, 0.3) is 20.9 Å². The summed E-state index contributed by atoms with van der Waals surface area (Å²) in [4.78, 5) is 0.685. The summed E-state index contributed by atoms with van der Waals surface area (Å²) >= 11 is 13.3. The number of halogens is 1. The highest BCUT2D eigenvalue weighted by atomic mass is 35.5. The third-order valence-corrected chi connectivity index (χ3v) is 5.31. The molecule has 1 aromatic heterocycles. The second-order valence-corrected chi connectivity index (χ2v) is 7.31. The quantitative estimate of drug-likeness (QED) is 0.405. The van der Waals surface area contributed by atoms with Crippen molar-refractivity contribution in [2.45, 2.75) is 0 Å². The van der Waals surface area contributed by atoms with Crippen LogP contribution in [0.1, 0.15) is 5.56 Å². The molecule has 0 aliphatic heterocycles. The average molecular weight is 367 g/mol. The van der Waals surface area contributed by atoms with Crippen LogP contribution in [0.2, 0.25) is 5.02 Å². The average Bonchev–Trinajstić information content (AvgIpc) is 2.97. The van der Waals surface area contributed by atoms with Crippen LogP contribution in [0.3, 0.4) is 0 Å². The Bertz CT molecular complexity index is 1050. The number of thiocarbonyl (C=S) groups is 1. The van der Waals surface area contributed by atoms with Gasteiger partial charge in [0, 0.05) is 21.8 Å². The van der Waals surface area contributed by atoms with E-state index in [1.807, 2.05) is 42.8 Å². The third-order valence-electron chi connectivity index (χ3n) is 3.87. The maximum Gasteiger partial charge on any atom is 0.0884 e. The van der Waals surface area contributed by atoms with Crippen molar-refractivity contribution < 1.29 is 0 Å². The van der Waals surface area contributed by atoms with E-state index in [0.717, 1.165) is 21.7 Å². The minimum atomic E-state index is 0.685. The van der Waals surface area contributed by atoms with Gasteiger partial charge in [-0.3, -0.25) is 0 Å². The molecule has 4 rings (SSSR count). The first-order valence-corrected chi connectivity index (χ1v) is 9.17. The number of thiophene rings is 1. The second-order valence-electron chi connectivity index (χ2n) is 5.53. The third kappa shape index (κ3) is 3.16. The summed E-state index contributed by atoms with van der Waals surface area (Å²) in [5.74, 6) is 0. The van der Waals surface area contributed by atoms with Crippen LogP contribution in [0.5, 0.6) is 0 Å². The molecule has 0 amide bonds. The molecule has 0 aliphatic rings. The van der Waals surface area contributed by atoms with Gasteiger partial charge in [-0.15, -0.1) is 11.3 Å². The van der Waals surface area contributed by atoms with Crippen molar-refractivity contribution in [2.24, 2.45) is 0 Å². The topological polar surface area (TPSA) is 12.0 Å². The predicted octanol–water partition coefficient (Wildman–Crippen LogP) is 6.70. The zero-order valence-electron chi connectivity index (χ0n) is 12.6. The van der Waals surface area contributed by atoms with E-state index < -0.39 is 0 Å². The molecule has 0 atom stereocenters. The summed E-state index contributed by atoms with van der Waals surface area (Å²) in [7, 11) is 0. The molecular weight excluding hydrogens is 354 g/mol. The van der Waals surface area contributed by atoms with E-state index in [-0.39, 0.29) is 0 Å². The van der Waals surface area contributed by atoms with E-state index in [1.54, 1.807) is 11.3 Å². The molecule has 1 N–H and O–H groups in total. The van der Waals surface area contributed by atoms with Crippen molar-refractivity contribution in [2.75, 3.05) is 5.32 Å². The fourth-order valence-corrected chi connectivity index (χ4v) is 4.04. The van der Waals surface area contributed by atoms with Crippen LogP contribution in [-0.2, 0) is 0 Å². The summed E-state index contributed by atoms with van der Waals surface area (Å²) < 4.78 is 1.21. The largest absolute Gasteiger partial charge is 0.349 e. The summed E-state index contributed by atoms with van der Waals surface area (Å²) in [6.45, 7) is 0. The summed E-state index contributed by atoms with van der Waals surface area (Å²) in [6.07, 6.45) is 1.99. The van der Waals surface area contributed by atoms with Crippen molar-refractivity contribution >= 4 is 66.7 Å². The van der Waals surface area contributed by atoms with Gasteiger partial charge in [-0.05, 0) is 57.4 Å². The highest BCUT2D eigenvalue weighted by Crippen LogP contribution is 2.30. The SMILES string of the molecule is S=C([CH]c1csc2ccc(Cl)cc12)Nc1ccc2ccccc2c1. The lowest BCUT2D eigenvalue weighted by atomic mass is 10.1. The van der Waals surface area contributed by atoms with Gasteiger partial charge in [0.05, 0.1) is 4.99 Å². The van der Waals surface area contributed by atoms with Gasteiger partial charge in [0.25, 0.3) is 0 Å². The van der Waals surface area contributed by atoms with Gasteiger partial charge in [0.1, 0.15) is 0 Å². The normalized spacial score (nSPS) is 11.0. The molecule has 0 fully saturated rings. The molecule has 0 unspecified atom stereocenters. The number of hydrogen-bond donors (Lipinski definition) is 1. The Kier molecular flexibility index (Phi) is 4.23. The molecule has 24 heavy (non-hydrogen) atoms. The standard InChI is InChI=1S/C20H13ClNS2/c21-16-6-8-19-18(11-16)15(12-24-19)10-20(23)22-17-7-5-13-3-1-2-4-14(13)9-17/h1-12H,(H,22,23).